The van der Waals surface area contributed by atoms with E-state index in [1.54, 1.807) is 13.2 Å². The average Bonchev–Trinajstić information content (AvgIpc) is 2.72. The zero-order chi connectivity index (χ0) is 19.1. The minimum Gasteiger partial charge on any atom is -0.493 e. The summed E-state index contributed by atoms with van der Waals surface area (Å²) in [5.41, 5.74) is 2.80. The molecule has 0 spiro atoms. The summed E-state index contributed by atoms with van der Waals surface area (Å²) in [5.74, 6) is 0.944. The summed E-state index contributed by atoms with van der Waals surface area (Å²) in [5, 5.41) is 12.1. The van der Waals surface area contributed by atoms with E-state index >= 15 is 0 Å². The molecular weight excluding hydrogens is 340 g/mol. The summed E-state index contributed by atoms with van der Waals surface area (Å²) < 4.78 is 11.0. The Labute approximate surface area is 158 Å². The molecule has 0 aromatic heterocycles. The number of nitrogens with zero attached hydrogens (tertiary/aromatic N) is 1. The van der Waals surface area contributed by atoms with Gasteiger partial charge in [0.05, 0.1) is 7.11 Å². The predicted octanol–water partition coefficient (Wildman–Crippen LogP) is 3.28. The number of hydrogen-bond acceptors (Lipinski definition) is 4. The SMILES string of the molecule is COc1cccc2c1OCC(/C=C(/C#N)C(=O)NCCc1ccccc1)=C2. The van der Waals surface area contributed by atoms with E-state index < -0.39 is 0 Å². The molecule has 27 heavy (non-hydrogen) atoms. The van der Waals surface area contributed by atoms with Crippen LogP contribution in [0.5, 0.6) is 11.5 Å². The number of rotatable bonds is 6. The second-order valence-electron chi connectivity index (χ2n) is 6.05. The first-order valence-electron chi connectivity index (χ1n) is 8.65. The van der Waals surface area contributed by atoms with Crippen LogP contribution in [0.1, 0.15) is 11.1 Å². The van der Waals surface area contributed by atoms with Crippen molar-refractivity contribution in [2.75, 3.05) is 20.3 Å². The smallest absolute Gasteiger partial charge is 0.261 e. The van der Waals surface area contributed by atoms with Gasteiger partial charge in [-0.3, -0.25) is 4.79 Å². The van der Waals surface area contributed by atoms with Crippen molar-refractivity contribution < 1.29 is 14.3 Å². The maximum absolute atomic E-state index is 12.3. The third-order valence-electron chi connectivity index (χ3n) is 4.19. The van der Waals surface area contributed by atoms with Gasteiger partial charge in [0.15, 0.2) is 11.5 Å². The molecule has 136 valence electrons. The van der Waals surface area contributed by atoms with E-state index in [9.17, 15) is 10.1 Å². The first-order valence-corrected chi connectivity index (χ1v) is 8.65. The van der Waals surface area contributed by atoms with Crippen molar-refractivity contribution in [3.63, 3.8) is 0 Å². The molecular formula is C22H20N2O3. The van der Waals surface area contributed by atoms with Crippen molar-refractivity contribution in [1.29, 1.82) is 5.26 Å². The molecule has 1 aliphatic rings. The summed E-state index contributed by atoms with van der Waals surface area (Å²) in [6, 6.07) is 17.4. The number of fused-ring (bicyclic) bond motifs is 1. The van der Waals surface area contributed by atoms with Gasteiger partial charge < -0.3 is 14.8 Å². The average molecular weight is 360 g/mol. The topological polar surface area (TPSA) is 71.3 Å². The van der Waals surface area contributed by atoms with E-state index in [0.29, 0.717) is 24.5 Å². The van der Waals surface area contributed by atoms with Crippen LogP contribution in [0.15, 0.2) is 65.8 Å². The summed E-state index contributed by atoms with van der Waals surface area (Å²) >= 11 is 0. The number of para-hydroxylation sites is 1. The molecule has 1 amide bonds. The molecule has 0 aliphatic carbocycles. The highest BCUT2D eigenvalue weighted by atomic mass is 16.5. The molecule has 5 heteroatoms. The van der Waals surface area contributed by atoms with E-state index in [1.165, 1.54) is 0 Å². The maximum Gasteiger partial charge on any atom is 0.261 e. The lowest BCUT2D eigenvalue weighted by molar-refractivity contribution is -0.117. The van der Waals surface area contributed by atoms with Crippen LogP contribution in [0.2, 0.25) is 0 Å². The number of methoxy groups -OCH3 is 1. The molecule has 1 heterocycles. The van der Waals surface area contributed by atoms with Gasteiger partial charge in [-0.25, -0.2) is 0 Å². The molecule has 0 saturated carbocycles. The molecule has 1 N–H and O–H groups in total. The zero-order valence-electron chi connectivity index (χ0n) is 15.1. The molecule has 0 atom stereocenters. The standard InChI is InChI=1S/C22H20N2O3/c1-26-20-9-5-8-18-12-17(15-27-21(18)20)13-19(14-23)22(25)24-11-10-16-6-3-2-4-7-16/h2-9,12-13H,10-11,15H2,1H3,(H,24,25)/b19-13-. The minimum absolute atomic E-state index is 0.0595. The van der Waals surface area contributed by atoms with Crippen LogP contribution in [0.4, 0.5) is 0 Å². The number of amides is 1. The van der Waals surface area contributed by atoms with Crippen molar-refractivity contribution in [2.24, 2.45) is 0 Å². The molecule has 0 fully saturated rings. The van der Waals surface area contributed by atoms with Gasteiger partial charge in [-0.2, -0.15) is 5.26 Å². The molecule has 0 saturated heterocycles. The fraction of sp³-hybridized carbons (Fsp3) is 0.182. The molecule has 2 aromatic carbocycles. The number of ether oxygens (including phenoxy) is 2. The summed E-state index contributed by atoms with van der Waals surface area (Å²) in [7, 11) is 1.59. The summed E-state index contributed by atoms with van der Waals surface area (Å²) in [6.07, 6.45) is 4.18. The van der Waals surface area contributed by atoms with Crippen molar-refractivity contribution in [1.82, 2.24) is 5.32 Å². The normalized spacial score (nSPS) is 12.9. The highest BCUT2D eigenvalue weighted by molar-refractivity contribution is 5.98. The molecule has 0 unspecified atom stereocenters. The van der Waals surface area contributed by atoms with E-state index in [-0.39, 0.29) is 18.1 Å². The van der Waals surface area contributed by atoms with Gasteiger partial charge in [-0.05, 0) is 35.8 Å². The highest BCUT2D eigenvalue weighted by Crippen LogP contribution is 2.35. The number of nitrogens with one attached hydrogen (secondary N) is 1. The number of hydrogen-bond donors (Lipinski definition) is 1. The zero-order valence-corrected chi connectivity index (χ0v) is 15.1. The molecule has 5 nitrogen and oxygen atoms in total. The van der Waals surface area contributed by atoms with Gasteiger partial charge in [0.1, 0.15) is 18.2 Å². The summed E-state index contributed by atoms with van der Waals surface area (Å²) in [4.78, 5) is 12.3. The number of nitriles is 1. The minimum atomic E-state index is -0.384. The van der Waals surface area contributed by atoms with Crippen LogP contribution in [0, 0.1) is 11.3 Å². The first kappa shape index (κ1) is 18.3. The second-order valence-corrected chi connectivity index (χ2v) is 6.05. The molecule has 3 rings (SSSR count). The second kappa shape index (κ2) is 8.72. The first-order chi connectivity index (χ1) is 13.2. The van der Waals surface area contributed by atoms with E-state index in [4.69, 9.17) is 9.47 Å². The third-order valence-corrected chi connectivity index (χ3v) is 4.19. The van der Waals surface area contributed by atoms with Gasteiger partial charge in [0, 0.05) is 12.1 Å². The van der Waals surface area contributed by atoms with Crippen LogP contribution in [-0.2, 0) is 11.2 Å². The van der Waals surface area contributed by atoms with Crippen molar-refractivity contribution in [3.8, 4) is 17.6 Å². The number of carbonyl (C=O) groups is 1. The van der Waals surface area contributed by atoms with Gasteiger partial charge in [0.2, 0.25) is 0 Å². The van der Waals surface area contributed by atoms with Crippen LogP contribution in [0.3, 0.4) is 0 Å². The Kier molecular flexibility index (Phi) is 5.91. The maximum atomic E-state index is 12.3. The lowest BCUT2D eigenvalue weighted by atomic mass is 10.0. The summed E-state index contributed by atoms with van der Waals surface area (Å²) in [6.45, 7) is 0.743. The van der Waals surface area contributed by atoms with Crippen molar-refractivity contribution >= 4 is 12.0 Å². The third kappa shape index (κ3) is 4.56. The van der Waals surface area contributed by atoms with Gasteiger partial charge in [-0.15, -0.1) is 0 Å². The molecule has 1 aliphatic heterocycles. The Morgan fingerprint density at radius 2 is 2.07 bits per heavy atom. The lowest BCUT2D eigenvalue weighted by Gasteiger charge is -2.18. The lowest BCUT2D eigenvalue weighted by Crippen LogP contribution is -2.27. The van der Waals surface area contributed by atoms with Gasteiger partial charge in [0.25, 0.3) is 5.91 Å². The molecule has 2 aromatic rings. The Morgan fingerprint density at radius 3 is 2.81 bits per heavy atom. The van der Waals surface area contributed by atoms with Crippen LogP contribution >= 0.6 is 0 Å². The number of carbonyl (C=O) groups excluding carboxylic acids is 1. The van der Waals surface area contributed by atoms with Gasteiger partial charge >= 0.3 is 0 Å². The van der Waals surface area contributed by atoms with Gasteiger partial charge in [-0.1, -0.05) is 42.5 Å². The van der Waals surface area contributed by atoms with Crippen LogP contribution in [-0.4, -0.2) is 26.2 Å². The number of benzene rings is 2. The van der Waals surface area contributed by atoms with Crippen LogP contribution in [0.25, 0.3) is 6.08 Å². The monoisotopic (exact) mass is 360 g/mol. The molecule has 0 radical (unpaired) electrons. The van der Waals surface area contributed by atoms with Crippen molar-refractivity contribution in [3.05, 3.63) is 76.9 Å². The fourth-order valence-corrected chi connectivity index (χ4v) is 2.84. The van der Waals surface area contributed by atoms with Crippen LogP contribution < -0.4 is 14.8 Å². The largest absolute Gasteiger partial charge is 0.493 e. The Bertz CT molecular complexity index is 924. The fourth-order valence-electron chi connectivity index (χ4n) is 2.84. The quantitative estimate of drug-likeness (QED) is 0.634. The molecule has 0 bridgehead atoms. The highest BCUT2D eigenvalue weighted by Gasteiger charge is 2.16. The Balaban J connectivity index is 1.67. The Morgan fingerprint density at radius 1 is 1.26 bits per heavy atom. The predicted molar refractivity (Wildman–Crippen MR) is 103 cm³/mol. The van der Waals surface area contributed by atoms with E-state index in [0.717, 1.165) is 16.7 Å². The van der Waals surface area contributed by atoms with E-state index in [1.807, 2.05) is 60.7 Å². The Hall–Kier alpha value is -3.52. The van der Waals surface area contributed by atoms with E-state index in [2.05, 4.69) is 5.32 Å². The van der Waals surface area contributed by atoms with Crippen molar-refractivity contribution in [2.45, 2.75) is 6.42 Å².